The number of anilines is 1. The van der Waals surface area contributed by atoms with Crippen molar-refractivity contribution < 1.29 is 22.6 Å². The number of methoxy groups -OCH3 is 3. The Morgan fingerprint density at radius 3 is 2.35 bits per heavy atom. The summed E-state index contributed by atoms with van der Waals surface area (Å²) >= 11 is 4.96. The minimum atomic E-state index is -3.50. The minimum Gasteiger partial charge on any atom is -0.495 e. The predicted molar refractivity (Wildman–Crippen MR) is 138 cm³/mol. The average molecular weight is 568 g/mol. The molecule has 4 rings (SSSR count). The maximum atomic E-state index is 13.3. The molecule has 1 saturated heterocycles. The summed E-state index contributed by atoms with van der Waals surface area (Å²) in [6, 6.07) is 11.0. The number of nitrogens with zero attached hydrogens (tertiary/aromatic N) is 2. The molecule has 0 spiro atoms. The molecule has 1 aliphatic rings. The Balaban J connectivity index is 1.42. The molecule has 1 fully saturated rings. The number of rotatable bonds is 8. The topological polar surface area (TPSA) is 78.0 Å². The zero-order valence-electron chi connectivity index (χ0n) is 19.3. The summed E-state index contributed by atoms with van der Waals surface area (Å²) in [5.41, 5.74) is 2.06. The zero-order chi connectivity index (χ0) is 24.3. The molecule has 182 valence electrons. The molecule has 0 atom stereocenters. The summed E-state index contributed by atoms with van der Waals surface area (Å²) in [4.78, 5) is 7.23. The highest BCUT2D eigenvalue weighted by Gasteiger charge is 2.34. The van der Waals surface area contributed by atoms with Crippen molar-refractivity contribution in [2.75, 3.05) is 39.3 Å². The van der Waals surface area contributed by atoms with Crippen LogP contribution in [0.3, 0.4) is 0 Å². The number of ether oxygens (including phenoxy) is 3. The van der Waals surface area contributed by atoms with Gasteiger partial charge in [-0.2, -0.15) is 0 Å². The fourth-order valence-electron chi connectivity index (χ4n) is 4.13. The fourth-order valence-corrected chi connectivity index (χ4v) is 7.44. The number of benzene rings is 2. The molecule has 0 radical (unpaired) electrons. The highest BCUT2D eigenvalue weighted by Crippen LogP contribution is 2.35. The lowest BCUT2D eigenvalue weighted by Crippen LogP contribution is -2.39. The predicted octanol–water partition coefficient (Wildman–Crippen LogP) is 4.96. The van der Waals surface area contributed by atoms with E-state index in [0.29, 0.717) is 54.1 Å². The number of aromatic nitrogens is 1. The van der Waals surface area contributed by atoms with E-state index in [0.717, 1.165) is 16.4 Å². The Kier molecular flexibility index (Phi) is 7.69. The average Bonchev–Trinajstić information content (AvgIpc) is 3.32. The number of hydrogen-bond acceptors (Lipinski definition) is 8. The van der Waals surface area contributed by atoms with Gasteiger partial charge in [-0.1, -0.05) is 22.0 Å². The van der Waals surface area contributed by atoms with E-state index in [2.05, 4.69) is 26.2 Å². The molecular formula is C24H27BrN2O5S2. The molecule has 1 aliphatic heterocycles. The Hall–Kier alpha value is -2.30. The van der Waals surface area contributed by atoms with Crippen LogP contribution in [0, 0.1) is 0 Å². The van der Waals surface area contributed by atoms with Crippen LogP contribution in [0.2, 0.25) is 0 Å². The van der Waals surface area contributed by atoms with E-state index >= 15 is 0 Å². The third-order valence-corrected chi connectivity index (χ3v) is 9.68. The second kappa shape index (κ2) is 10.5. The standard InChI is InChI=1S/C24H27BrN2O5S2/c1-30-20-6-4-16(13-22(20)32-3)12-18-15-33-24(26-18)27-10-8-19(9-11-27)34(28,29)23-14-17(25)5-7-21(23)31-2/h4-7,13-15,19H,8-12H2,1-3H3. The van der Waals surface area contributed by atoms with Gasteiger partial charge in [0.2, 0.25) is 0 Å². The van der Waals surface area contributed by atoms with Gasteiger partial charge in [0.15, 0.2) is 26.5 Å². The minimum absolute atomic E-state index is 0.245. The second-order valence-electron chi connectivity index (χ2n) is 8.01. The first-order valence-corrected chi connectivity index (χ1v) is 14.0. The lowest BCUT2D eigenvalue weighted by atomic mass is 10.1. The number of sulfone groups is 1. The van der Waals surface area contributed by atoms with Gasteiger partial charge in [0.05, 0.1) is 32.3 Å². The first-order valence-electron chi connectivity index (χ1n) is 10.8. The Labute approximate surface area is 212 Å². The van der Waals surface area contributed by atoms with Gasteiger partial charge in [-0.25, -0.2) is 13.4 Å². The van der Waals surface area contributed by atoms with Crippen molar-refractivity contribution in [3.8, 4) is 17.2 Å². The largest absolute Gasteiger partial charge is 0.495 e. The molecule has 1 aromatic heterocycles. The van der Waals surface area contributed by atoms with Crippen LogP contribution in [0.15, 0.2) is 51.1 Å². The van der Waals surface area contributed by atoms with Crippen molar-refractivity contribution in [1.29, 1.82) is 0 Å². The smallest absolute Gasteiger partial charge is 0.185 e. The third-order valence-electron chi connectivity index (χ3n) is 5.96. The van der Waals surface area contributed by atoms with Crippen LogP contribution < -0.4 is 19.1 Å². The first kappa shape index (κ1) is 24.8. The SMILES string of the molecule is COc1ccc(Cc2csc(N3CCC(S(=O)(=O)c4cc(Br)ccc4OC)CC3)n2)cc1OC. The molecule has 7 nitrogen and oxygen atoms in total. The van der Waals surface area contributed by atoms with Crippen LogP contribution in [-0.2, 0) is 16.3 Å². The van der Waals surface area contributed by atoms with E-state index in [1.165, 1.54) is 7.11 Å². The van der Waals surface area contributed by atoms with E-state index in [4.69, 9.17) is 19.2 Å². The van der Waals surface area contributed by atoms with Crippen LogP contribution in [-0.4, -0.2) is 53.1 Å². The van der Waals surface area contributed by atoms with E-state index in [1.54, 1.807) is 43.8 Å². The summed E-state index contributed by atoms with van der Waals surface area (Å²) < 4.78 is 43.4. The molecule has 0 aliphatic carbocycles. The van der Waals surface area contributed by atoms with Crippen molar-refractivity contribution >= 4 is 42.2 Å². The van der Waals surface area contributed by atoms with Gasteiger partial charge in [0.25, 0.3) is 0 Å². The van der Waals surface area contributed by atoms with Crippen LogP contribution >= 0.6 is 27.3 Å². The Morgan fingerprint density at radius 1 is 1.00 bits per heavy atom. The van der Waals surface area contributed by atoms with Crippen molar-refractivity contribution in [1.82, 2.24) is 4.98 Å². The monoisotopic (exact) mass is 566 g/mol. The number of halogens is 1. The zero-order valence-corrected chi connectivity index (χ0v) is 22.5. The van der Waals surface area contributed by atoms with Crippen LogP contribution in [0.5, 0.6) is 17.2 Å². The Morgan fingerprint density at radius 2 is 1.68 bits per heavy atom. The molecule has 0 amide bonds. The highest BCUT2D eigenvalue weighted by molar-refractivity contribution is 9.10. The van der Waals surface area contributed by atoms with E-state index < -0.39 is 15.1 Å². The van der Waals surface area contributed by atoms with Crippen molar-refractivity contribution in [3.05, 3.63) is 57.5 Å². The van der Waals surface area contributed by atoms with Crippen molar-refractivity contribution in [2.45, 2.75) is 29.4 Å². The molecular weight excluding hydrogens is 540 g/mol. The number of piperidine rings is 1. The number of hydrogen-bond donors (Lipinski definition) is 0. The first-order chi connectivity index (χ1) is 16.3. The van der Waals surface area contributed by atoms with Gasteiger partial charge in [0.1, 0.15) is 10.6 Å². The third kappa shape index (κ3) is 5.18. The summed E-state index contributed by atoms with van der Waals surface area (Å²) in [7, 11) is 1.23. The molecule has 2 heterocycles. The molecule has 0 bridgehead atoms. The fraction of sp³-hybridized carbons (Fsp3) is 0.375. The summed E-state index contributed by atoms with van der Waals surface area (Å²) in [5, 5.41) is 2.53. The van der Waals surface area contributed by atoms with Gasteiger partial charge < -0.3 is 19.1 Å². The lowest BCUT2D eigenvalue weighted by Gasteiger charge is -2.31. The molecule has 2 aromatic carbocycles. The van der Waals surface area contributed by atoms with Crippen molar-refractivity contribution in [2.24, 2.45) is 0 Å². The molecule has 0 saturated carbocycles. The summed E-state index contributed by atoms with van der Waals surface area (Å²) in [5.74, 6) is 1.77. The van der Waals surface area contributed by atoms with Crippen LogP contribution in [0.1, 0.15) is 24.1 Å². The van der Waals surface area contributed by atoms with Gasteiger partial charge in [0, 0.05) is 29.4 Å². The molecule has 0 unspecified atom stereocenters. The van der Waals surface area contributed by atoms with Crippen LogP contribution in [0.4, 0.5) is 5.13 Å². The van der Waals surface area contributed by atoms with E-state index in [9.17, 15) is 8.42 Å². The number of thiazole rings is 1. The summed E-state index contributed by atoms with van der Waals surface area (Å²) in [6.45, 7) is 1.28. The van der Waals surface area contributed by atoms with Gasteiger partial charge in [-0.05, 0) is 48.7 Å². The van der Waals surface area contributed by atoms with Gasteiger partial charge in [-0.3, -0.25) is 0 Å². The van der Waals surface area contributed by atoms with Gasteiger partial charge >= 0.3 is 0 Å². The molecule has 3 aromatic rings. The summed E-state index contributed by atoms with van der Waals surface area (Å²) in [6.07, 6.45) is 1.77. The normalized spacial score (nSPS) is 14.8. The highest BCUT2D eigenvalue weighted by atomic mass is 79.9. The van der Waals surface area contributed by atoms with Gasteiger partial charge in [-0.15, -0.1) is 11.3 Å². The maximum absolute atomic E-state index is 13.3. The van der Waals surface area contributed by atoms with E-state index in [-0.39, 0.29) is 4.90 Å². The maximum Gasteiger partial charge on any atom is 0.185 e. The Bertz CT molecular complexity index is 1250. The molecule has 34 heavy (non-hydrogen) atoms. The van der Waals surface area contributed by atoms with Crippen LogP contribution in [0.25, 0.3) is 0 Å². The second-order valence-corrected chi connectivity index (χ2v) is 12.0. The lowest BCUT2D eigenvalue weighted by molar-refractivity contribution is 0.354. The molecule has 10 heteroatoms. The quantitative estimate of drug-likeness (QED) is 0.381. The molecule has 0 N–H and O–H groups in total. The van der Waals surface area contributed by atoms with Crippen molar-refractivity contribution in [3.63, 3.8) is 0 Å². The van der Waals surface area contributed by atoms with E-state index in [1.807, 2.05) is 18.2 Å².